The van der Waals surface area contributed by atoms with Crippen LogP contribution in [0.3, 0.4) is 0 Å². The second-order valence-corrected chi connectivity index (χ2v) is 8.03. The highest BCUT2D eigenvalue weighted by molar-refractivity contribution is 14.0. The summed E-state index contributed by atoms with van der Waals surface area (Å²) in [6.45, 7) is 10.6. The van der Waals surface area contributed by atoms with Crippen molar-refractivity contribution in [3.8, 4) is 0 Å². The molecular formula is C20H36IN5O2. The van der Waals surface area contributed by atoms with Crippen LogP contribution in [-0.2, 0) is 11.2 Å². The van der Waals surface area contributed by atoms with Crippen LogP contribution < -0.4 is 10.6 Å². The Hall–Kier alpha value is -0.900. The highest BCUT2D eigenvalue weighted by Crippen LogP contribution is 2.54. The third-order valence-electron chi connectivity index (χ3n) is 5.94. The van der Waals surface area contributed by atoms with E-state index in [-0.39, 0.29) is 29.9 Å². The minimum Gasteiger partial charge on any atom is -0.378 e. The lowest BCUT2D eigenvalue weighted by atomic mass is 9.60. The van der Waals surface area contributed by atoms with Gasteiger partial charge >= 0.3 is 0 Å². The second-order valence-electron chi connectivity index (χ2n) is 8.03. The molecule has 1 aromatic rings. The molecule has 2 atom stereocenters. The first-order chi connectivity index (χ1) is 13.1. The smallest absolute Gasteiger partial charge is 0.228 e. The molecule has 2 aliphatic rings. The zero-order chi connectivity index (χ0) is 19.3. The molecule has 2 saturated carbocycles. The van der Waals surface area contributed by atoms with Gasteiger partial charge in [0.25, 0.3) is 0 Å². The normalized spacial score (nSPS) is 23.5. The summed E-state index contributed by atoms with van der Waals surface area (Å²) >= 11 is 0. The Labute approximate surface area is 185 Å². The number of hydrogen-bond donors (Lipinski definition) is 2. The predicted molar refractivity (Wildman–Crippen MR) is 121 cm³/mol. The molecule has 3 rings (SSSR count). The van der Waals surface area contributed by atoms with Gasteiger partial charge < -0.3 is 19.9 Å². The van der Waals surface area contributed by atoms with Crippen LogP contribution in [0.1, 0.15) is 77.4 Å². The van der Waals surface area contributed by atoms with Crippen molar-refractivity contribution in [3.05, 3.63) is 11.7 Å². The van der Waals surface area contributed by atoms with E-state index >= 15 is 0 Å². The number of guanidine groups is 1. The van der Waals surface area contributed by atoms with E-state index in [0.717, 1.165) is 31.4 Å². The standard InChI is InChI=1S/C20H35N5O2.HI/c1-5-21-19(22-12-9-17-24-18(14(3)4)25-27-17)23-15-13-16(26-6-2)20(15)10-7-8-11-20;/h14-16H,5-13H2,1-4H3,(H2,21,22,23);1H. The molecule has 1 heterocycles. The van der Waals surface area contributed by atoms with Gasteiger partial charge in [-0.15, -0.1) is 24.0 Å². The van der Waals surface area contributed by atoms with Crippen molar-refractivity contribution in [1.29, 1.82) is 0 Å². The molecule has 160 valence electrons. The number of nitrogens with one attached hydrogen (secondary N) is 2. The van der Waals surface area contributed by atoms with Crippen molar-refractivity contribution >= 4 is 29.9 Å². The predicted octanol–water partition coefficient (Wildman–Crippen LogP) is 3.65. The Bertz CT molecular complexity index is 628. The van der Waals surface area contributed by atoms with E-state index in [4.69, 9.17) is 14.3 Å². The first kappa shape index (κ1) is 23.4. The van der Waals surface area contributed by atoms with Crippen molar-refractivity contribution in [2.45, 2.75) is 84.3 Å². The summed E-state index contributed by atoms with van der Waals surface area (Å²) in [6.07, 6.45) is 7.27. The van der Waals surface area contributed by atoms with Gasteiger partial charge in [-0.3, -0.25) is 4.99 Å². The van der Waals surface area contributed by atoms with Gasteiger partial charge in [0.15, 0.2) is 11.8 Å². The van der Waals surface area contributed by atoms with Crippen molar-refractivity contribution < 1.29 is 9.26 Å². The van der Waals surface area contributed by atoms with E-state index in [0.29, 0.717) is 36.4 Å². The van der Waals surface area contributed by atoms with Crippen molar-refractivity contribution in [3.63, 3.8) is 0 Å². The van der Waals surface area contributed by atoms with Crippen LogP contribution in [0, 0.1) is 5.41 Å². The van der Waals surface area contributed by atoms with Gasteiger partial charge in [0.05, 0.1) is 12.6 Å². The summed E-state index contributed by atoms with van der Waals surface area (Å²) in [4.78, 5) is 9.16. The van der Waals surface area contributed by atoms with Crippen LogP contribution in [0.15, 0.2) is 9.52 Å². The molecule has 2 N–H and O–H groups in total. The third-order valence-corrected chi connectivity index (χ3v) is 5.94. The van der Waals surface area contributed by atoms with E-state index in [1.54, 1.807) is 0 Å². The Morgan fingerprint density at radius 2 is 2.07 bits per heavy atom. The molecule has 1 aromatic heterocycles. The van der Waals surface area contributed by atoms with Crippen molar-refractivity contribution in [1.82, 2.24) is 20.8 Å². The highest BCUT2D eigenvalue weighted by atomic mass is 127. The van der Waals surface area contributed by atoms with E-state index in [1.807, 2.05) is 0 Å². The zero-order valence-corrected chi connectivity index (χ0v) is 20.0. The molecule has 0 bridgehead atoms. The van der Waals surface area contributed by atoms with E-state index in [1.165, 1.54) is 25.7 Å². The quantitative estimate of drug-likeness (QED) is 0.319. The number of hydrogen-bond acceptors (Lipinski definition) is 5. The van der Waals surface area contributed by atoms with Crippen LogP contribution >= 0.6 is 24.0 Å². The molecule has 0 radical (unpaired) electrons. The van der Waals surface area contributed by atoms with Gasteiger partial charge in [-0.2, -0.15) is 4.98 Å². The van der Waals surface area contributed by atoms with E-state index in [9.17, 15) is 0 Å². The van der Waals surface area contributed by atoms with Crippen LogP contribution in [-0.4, -0.2) is 47.9 Å². The van der Waals surface area contributed by atoms with Crippen LogP contribution in [0.4, 0.5) is 0 Å². The summed E-state index contributed by atoms with van der Waals surface area (Å²) in [5.74, 6) is 2.58. The molecule has 2 fully saturated rings. The zero-order valence-electron chi connectivity index (χ0n) is 17.7. The number of halogens is 1. The average molecular weight is 505 g/mol. The largest absolute Gasteiger partial charge is 0.378 e. The van der Waals surface area contributed by atoms with E-state index in [2.05, 4.69) is 48.5 Å². The molecule has 2 unspecified atom stereocenters. The number of rotatable bonds is 8. The molecule has 8 heteroatoms. The lowest BCUT2D eigenvalue weighted by molar-refractivity contribution is -0.125. The average Bonchev–Trinajstić information content (AvgIpc) is 3.32. The monoisotopic (exact) mass is 505 g/mol. The number of ether oxygens (including phenoxy) is 1. The van der Waals surface area contributed by atoms with Gasteiger partial charge in [-0.05, 0) is 33.1 Å². The molecule has 28 heavy (non-hydrogen) atoms. The number of aromatic nitrogens is 2. The third kappa shape index (κ3) is 5.17. The molecule has 2 aliphatic carbocycles. The molecule has 0 saturated heterocycles. The Morgan fingerprint density at radius 1 is 1.32 bits per heavy atom. The van der Waals surface area contributed by atoms with Crippen LogP contribution in [0.2, 0.25) is 0 Å². The Kier molecular flexibility index (Phi) is 8.98. The van der Waals surface area contributed by atoms with E-state index < -0.39 is 0 Å². The maximum absolute atomic E-state index is 6.02. The summed E-state index contributed by atoms with van der Waals surface area (Å²) in [7, 11) is 0. The van der Waals surface area contributed by atoms with Gasteiger partial charge in [0.1, 0.15) is 0 Å². The lowest BCUT2D eigenvalue weighted by Gasteiger charge is -2.54. The number of nitrogens with zero attached hydrogens (tertiary/aromatic N) is 3. The van der Waals surface area contributed by atoms with Crippen molar-refractivity contribution in [2.75, 3.05) is 19.7 Å². The first-order valence-electron chi connectivity index (χ1n) is 10.6. The SMILES string of the molecule is CCNC(=NCCc1nc(C(C)C)no1)NC1CC(OCC)C12CCCC2.I. The van der Waals surface area contributed by atoms with Gasteiger partial charge in [-0.25, -0.2) is 0 Å². The topological polar surface area (TPSA) is 84.6 Å². The summed E-state index contributed by atoms with van der Waals surface area (Å²) in [5.41, 5.74) is 0.296. The number of aliphatic imine (C=N–C) groups is 1. The molecule has 7 nitrogen and oxygen atoms in total. The summed E-state index contributed by atoms with van der Waals surface area (Å²) < 4.78 is 11.3. The minimum atomic E-state index is 0. The molecule has 0 aliphatic heterocycles. The van der Waals surface area contributed by atoms with Crippen LogP contribution in [0.25, 0.3) is 0 Å². The fourth-order valence-corrected chi connectivity index (χ4v) is 4.44. The Balaban J connectivity index is 0.00000280. The lowest BCUT2D eigenvalue weighted by Crippen LogP contribution is -2.65. The maximum Gasteiger partial charge on any atom is 0.228 e. The fourth-order valence-electron chi connectivity index (χ4n) is 4.44. The fraction of sp³-hybridized carbons (Fsp3) is 0.850. The molecular weight excluding hydrogens is 469 g/mol. The maximum atomic E-state index is 6.02. The van der Waals surface area contributed by atoms with Crippen molar-refractivity contribution in [2.24, 2.45) is 10.4 Å². The molecule has 0 aromatic carbocycles. The van der Waals surface area contributed by atoms with Gasteiger partial charge in [-0.1, -0.05) is 31.8 Å². The van der Waals surface area contributed by atoms with Gasteiger partial charge in [0, 0.05) is 36.9 Å². The minimum absolute atomic E-state index is 0. The second kappa shape index (κ2) is 10.8. The summed E-state index contributed by atoms with van der Waals surface area (Å²) in [6, 6.07) is 0.449. The Morgan fingerprint density at radius 3 is 2.68 bits per heavy atom. The van der Waals surface area contributed by atoms with Gasteiger partial charge in [0.2, 0.25) is 5.89 Å². The van der Waals surface area contributed by atoms with Crippen LogP contribution in [0.5, 0.6) is 0 Å². The molecule has 0 amide bonds. The highest BCUT2D eigenvalue weighted by Gasteiger charge is 2.56. The first-order valence-corrected chi connectivity index (χ1v) is 10.6. The summed E-state index contributed by atoms with van der Waals surface area (Å²) in [5, 5.41) is 11.1. The molecule has 1 spiro atoms.